The van der Waals surface area contributed by atoms with Gasteiger partial charge in [-0.15, -0.1) is 0 Å². The number of alkyl halides is 3. The van der Waals surface area contributed by atoms with Crippen LogP contribution in [-0.4, -0.2) is 34.7 Å². The lowest BCUT2D eigenvalue weighted by Crippen LogP contribution is -2.27. The average Bonchev–Trinajstić information content (AvgIpc) is 3.17. The number of halogens is 3. The molecule has 34 heavy (non-hydrogen) atoms. The Morgan fingerprint density at radius 2 is 1.91 bits per heavy atom. The first-order chi connectivity index (χ1) is 16.3. The summed E-state index contributed by atoms with van der Waals surface area (Å²) in [5, 5.41) is 13.8. The molecule has 4 aromatic rings. The van der Waals surface area contributed by atoms with Crippen molar-refractivity contribution < 1.29 is 13.2 Å². The normalized spacial score (nSPS) is 18.9. The van der Waals surface area contributed by atoms with Gasteiger partial charge >= 0.3 is 6.18 Å². The van der Waals surface area contributed by atoms with Gasteiger partial charge in [-0.3, -0.25) is 9.78 Å². The van der Waals surface area contributed by atoms with E-state index in [0.29, 0.717) is 11.4 Å². The van der Waals surface area contributed by atoms with Crippen LogP contribution in [0.1, 0.15) is 66.0 Å². The molecule has 0 radical (unpaired) electrons. The molecule has 0 bridgehead atoms. The van der Waals surface area contributed by atoms with E-state index in [1.54, 1.807) is 19.3 Å². The van der Waals surface area contributed by atoms with Gasteiger partial charge in [-0.1, -0.05) is 6.07 Å². The van der Waals surface area contributed by atoms with Crippen molar-refractivity contribution in [2.45, 2.75) is 43.8 Å². The molecular weight excluding hydrogens is 449 g/mol. The summed E-state index contributed by atoms with van der Waals surface area (Å²) in [7, 11) is 0. The van der Waals surface area contributed by atoms with Gasteiger partial charge < -0.3 is 4.98 Å². The van der Waals surface area contributed by atoms with Crippen LogP contribution >= 0.6 is 0 Å². The first-order valence-electron chi connectivity index (χ1n) is 10.5. The molecule has 2 unspecified atom stereocenters. The highest BCUT2D eigenvalue weighted by Crippen LogP contribution is 2.47. The van der Waals surface area contributed by atoms with Crippen LogP contribution in [0.3, 0.4) is 0 Å². The fourth-order valence-electron chi connectivity index (χ4n) is 4.28. The standard InChI is InChI=1S/C22H17F3N8O/c1-11(12-2-5-17(29-9-12)22(23,24)25)33-20-18(16(6-26)32-33)21(34)31-19(30-20)15-4-3-14(15)13-7-27-10-28-8-13/h2,5,7-11,14-15H,3-4H2,1H3,(H,30,31,34)/t11-,14?,15?/m0/s1. The van der Waals surface area contributed by atoms with E-state index in [-0.39, 0.29) is 28.6 Å². The van der Waals surface area contributed by atoms with Crippen molar-refractivity contribution in [3.63, 3.8) is 0 Å². The molecule has 4 heterocycles. The maximum atomic E-state index is 12.9. The van der Waals surface area contributed by atoms with Crippen molar-refractivity contribution in [2.24, 2.45) is 0 Å². The molecular formula is C22H17F3N8O. The highest BCUT2D eigenvalue weighted by molar-refractivity contribution is 5.80. The number of H-pyrrole nitrogens is 1. The minimum Gasteiger partial charge on any atom is -0.310 e. The molecule has 4 aromatic heterocycles. The number of aromatic nitrogens is 7. The zero-order valence-electron chi connectivity index (χ0n) is 17.8. The number of fused-ring (bicyclic) bond motifs is 1. The Morgan fingerprint density at radius 1 is 1.18 bits per heavy atom. The summed E-state index contributed by atoms with van der Waals surface area (Å²) in [6.45, 7) is 1.69. The Kier molecular flexibility index (Phi) is 5.11. The minimum absolute atomic E-state index is 0.0388. The van der Waals surface area contributed by atoms with Crippen LogP contribution in [0.25, 0.3) is 11.0 Å². The monoisotopic (exact) mass is 466 g/mol. The third kappa shape index (κ3) is 3.59. The van der Waals surface area contributed by atoms with Crippen molar-refractivity contribution in [1.29, 1.82) is 5.26 Å². The summed E-state index contributed by atoms with van der Waals surface area (Å²) in [5.74, 6) is 0.478. The number of nitrogens with zero attached hydrogens (tertiary/aromatic N) is 7. The molecule has 0 saturated heterocycles. The number of aromatic amines is 1. The summed E-state index contributed by atoms with van der Waals surface area (Å²) in [6, 6.07) is 3.46. The molecule has 0 spiro atoms. The average molecular weight is 466 g/mol. The van der Waals surface area contributed by atoms with E-state index in [4.69, 9.17) is 0 Å². The fraction of sp³-hybridized carbons (Fsp3) is 0.318. The third-order valence-corrected chi connectivity index (χ3v) is 6.25. The number of hydrogen-bond acceptors (Lipinski definition) is 7. The van der Waals surface area contributed by atoms with E-state index >= 15 is 0 Å². The van der Waals surface area contributed by atoms with E-state index in [9.17, 15) is 23.2 Å². The Balaban J connectivity index is 1.57. The number of hydrogen-bond donors (Lipinski definition) is 1. The van der Waals surface area contributed by atoms with Crippen molar-refractivity contribution >= 4 is 11.0 Å². The Morgan fingerprint density at radius 3 is 2.50 bits per heavy atom. The van der Waals surface area contributed by atoms with Crippen molar-refractivity contribution in [1.82, 2.24) is 34.7 Å². The quantitative estimate of drug-likeness (QED) is 0.488. The lowest BCUT2D eigenvalue weighted by atomic mass is 9.70. The minimum atomic E-state index is -4.55. The number of nitriles is 1. The van der Waals surface area contributed by atoms with Crippen molar-refractivity contribution in [3.05, 3.63) is 75.7 Å². The highest BCUT2D eigenvalue weighted by atomic mass is 19.4. The van der Waals surface area contributed by atoms with Gasteiger partial charge in [0.1, 0.15) is 29.3 Å². The largest absolute Gasteiger partial charge is 0.433 e. The number of pyridine rings is 1. The van der Waals surface area contributed by atoms with E-state index < -0.39 is 23.5 Å². The Hall–Kier alpha value is -4.14. The highest BCUT2D eigenvalue weighted by Gasteiger charge is 2.36. The van der Waals surface area contributed by atoms with Gasteiger partial charge in [0.15, 0.2) is 11.3 Å². The molecule has 1 fully saturated rings. The van der Waals surface area contributed by atoms with Crippen LogP contribution in [0.2, 0.25) is 0 Å². The molecule has 12 heteroatoms. The second-order valence-corrected chi connectivity index (χ2v) is 8.17. The smallest absolute Gasteiger partial charge is 0.310 e. The third-order valence-electron chi connectivity index (χ3n) is 6.25. The fourth-order valence-corrected chi connectivity index (χ4v) is 4.28. The molecule has 0 aliphatic heterocycles. The van der Waals surface area contributed by atoms with Crippen LogP contribution < -0.4 is 5.56 Å². The van der Waals surface area contributed by atoms with Crippen LogP contribution in [0.15, 0.2) is 41.8 Å². The molecule has 0 amide bonds. The SMILES string of the molecule is C[C@@H](c1ccc(C(F)(F)F)nc1)n1nc(C#N)c2c(=O)[nH]c(C3CCC3c3cncnc3)nc21. The summed E-state index contributed by atoms with van der Waals surface area (Å²) in [5.41, 5.74) is -0.0496. The maximum absolute atomic E-state index is 12.9. The molecule has 0 aromatic carbocycles. The zero-order valence-corrected chi connectivity index (χ0v) is 17.8. The second kappa shape index (κ2) is 8.02. The predicted molar refractivity (Wildman–Crippen MR) is 113 cm³/mol. The van der Waals surface area contributed by atoms with Crippen molar-refractivity contribution in [3.8, 4) is 6.07 Å². The zero-order chi connectivity index (χ0) is 24.0. The summed E-state index contributed by atoms with van der Waals surface area (Å²) >= 11 is 0. The molecule has 1 aliphatic rings. The van der Waals surface area contributed by atoms with Crippen LogP contribution in [-0.2, 0) is 6.18 Å². The molecule has 1 N–H and O–H groups in total. The van der Waals surface area contributed by atoms with Gasteiger partial charge in [-0.05, 0) is 42.9 Å². The van der Waals surface area contributed by atoms with Crippen LogP contribution in [0, 0.1) is 11.3 Å². The maximum Gasteiger partial charge on any atom is 0.433 e. The van der Waals surface area contributed by atoms with Gasteiger partial charge in [0.2, 0.25) is 0 Å². The molecule has 172 valence electrons. The van der Waals surface area contributed by atoms with Crippen molar-refractivity contribution in [2.75, 3.05) is 0 Å². The molecule has 3 atom stereocenters. The van der Waals surface area contributed by atoms with Gasteiger partial charge in [0.05, 0.1) is 6.04 Å². The topological polar surface area (TPSA) is 126 Å². The molecule has 9 nitrogen and oxygen atoms in total. The van der Waals surface area contributed by atoms with Gasteiger partial charge in [-0.2, -0.15) is 23.5 Å². The van der Waals surface area contributed by atoms with E-state index in [1.165, 1.54) is 17.1 Å². The van der Waals surface area contributed by atoms with Crippen LogP contribution in [0.5, 0.6) is 0 Å². The van der Waals surface area contributed by atoms with E-state index in [1.807, 2.05) is 6.07 Å². The first-order valence-corrected chi connectivity index (χ1v) is 10.5. The Bertz CT molecular complexity index is 1450. The predicted octanol–water partition coefficient (Wildman–Crippen LogP) is 3.47. The second-order valence-electron chi connectivity index (χ2n) is 8.17. The Labute approximate surface area is 190 Å². The summed E-state index contributed by atoms with van der Waals surface area (Å²) < 4.78 is 40.0. The van der Waals surface area contributed by atoms with Gasteiger partial charge in [0, 0.05) is 24.5 Å². The summed E-state index contributed by atoms with van der Waals surface area (Å²) in [6.07, 6.45) is 3.15. The summed E-state index contributed by atoms with van der Waals surface area (Å²) in [4.78, 5) is 32.0. The lowest BCUT2D eigenvalue weighted by molar-refractivity contribution is -0.141. The van der Waals surface area contributed by atoms with E-state index in [0.717, 1.165) is 30.7 Å². The van der Waals surface area contributed by atoms with E-state index in [2.05, 4.69) is 30.0 Å². The number of nitrogens with one attached hydrogen (secondary N) is 1. The van der Waals surface area contributed by atoms with Gasteiger partial charge in [-0.25, -0.2) is 19.6 Å². The van der Waals surface area contributed by atoms with Crippen LogP contribution in [0.4, 0.5) is 13.2 Å². The first kappa shape index (κ1) is 21.7. The molecule has 1 saturated carbocycles. The lowest BCUT2D eigenvalue weighted by Gasteiger charge is -2.35. The number of rotatable bonds is 4. The van der Waals surface area contributed by atoms with Gasteiger partial charge in [0.25, 0.3) is 5.56 Å². The molecule has 1 aliphatic carbocycles. The molecule has 5 rings (SSSR count).